The number of fused-ring (bicyclic) bond motifs is 1. The van der Waals surface area contributed by atoms with Crippen LogP contribution in [0.5, 0.6) is 0 Å². The zero-order valence-corrected chi connectivity index (χ0v) is 8.36. The van der Waals surface area contributed by atoms with Gasteiger partial charge in [0, 0.05) is 24.0 Å². The molecule has 0 amide bonds. The summed E-state index contributed by atoms with van der Waals surface area (Å²) in [4.78, 5) is 22.3. The van der Waals surface area contributed by atoms with E-state index in [2.05, 4.69) is 15.0 Å². The maximum Gasteiger partial charge on any atom is 0.353 e. The fourth-order valence-corrected chi connectivity index (χ4v) is 2.01. The van der Waals surface area contributed by atoms with Gasteiger partial charge in [-0.25, -0.2) is 14.8 Å². The molecule has 0 spiro atoms. The number of hydrogen-bond donors (Lipinski definition) is 1. The molecule has 3 rings (SSSR count). The summed E-state index contributed by atoms with van der Waals surface area (Å²) >= 11 is 1.52. The molecule has 0 saturated heterocycles. The van der Waals surface area contributed by atoms with Crippen LogP contribution in [0.1, 0.15) is 0 Å². The van der Waals surface area contributed by atoms with Gasteiger partial charge in [-0.15, -0.1) is 11.3 Å². The molecule has 3 heterocycles. The van der Waals surface area contributed by atoms with Gasteiger partial charge in [0.2, 0.25) is 0 Å². The third kappa shape index (κ3) is 1.26. The van der Waals surface area contributed by atoms with Crippen LogP contribution in [0.3, 0.4) is 0 Å². The smallest absolute Gasteiger partial charge is 0.338 e. The van der Waals surface area contributed by atoms with E-state index >= 15 is 0 Å². The average Bonchev–Trinajstić information content (AvgIpc) is 2.86. The van der Waals surface area contributed by atoms with E-state index in [9.17, 15) is 4.79 Å². The van der Waals surface area contributed by atoms with Crippen molar-refractivity contribution in [2.75, 3.05) is 0 Å². The fourth-order valence-electron chi connectivity index (χ4n) is 1.41. The molecule has 5 nitrogen and oxygen atoms in total. The van der Waals surface area contributed by atoms with Crippen LogP contribution in [0.2, 0.25) is 0 Å². The Balaban J connectivity index is 2.32. The Kier molecular flexibility index (Phi) is 1.69. The van der Waals surface area contributed by atoms with Crippen molar-refractivity contribution in [1.29, 1.82) is 0 Å². The van der Waals surface area contributed by atoms with E-state index < -0.39 is 0 Å². The van der Waals surface area contributed by atoms with Gasteiger partial charge < -0.3 is 4.98 Å². The predicted molar refractivity (Wildman–Crippen MR) is 56.9 cm³/mol. The molecule has 1 N–H and O–H groups in total. The second kappa shape index (κ2) is 3.03. The van der Waals surface area contributed by atoms with E-state index in [1.165, 1.54) is 21.9 Å². The third-order valence-corrected chi connectivity index (χ3v) is 2.87. The van der Waals surface area contributed by atoms with Crippen LogP contribution >= 0.6 is 11.3 Å². The van der Waals surface area contributed by atoms with Crippen LogP contribution in [0, 0.1) is 0 Å². The van der Waals surface area contributed by atoms with E-state index in [1.54, 1.807) is 18.5 Å². The maximum absolute atomic E-state index is 11.4. The molecule has 3 aromatic rings. The Bertz CT molecular complexity index is 652. The summed E-state index contributed by atoms with van der Waals surface area (Å²) in [5, 5.41) is 2.75. The molecule has 0 aliphatic heterocycles. The Labute approximate surface area is 88.1 Å². The topological polar surface area (TPSA) is 63.0 Å². The highest BCUT2D eigenvalue weighted by molar-refractivity contribution is 7.13. The van der Waals surface area contributed by atoms with Gasteiger partial charge in [-0.3, -0.25) is 4.40 Å². The van der Waals surface area contributed by atoms with Crippen LogP contribution in [-0.2, 0) is 0 Å². The zero-order chi connectivity index (χ0) is 10.3. The number of imidazole rings is 1. The number of nitrogens with zero attached hydrogens (tertiary/aromatic N) is 3. The van der Waals surface area contributed by atoms with Gasteiger partial charge in [0.25, 0.3) is 0 Å². The second-order valence-electron chi connectivity index (χ2n) is 2.99. The molecule has 0 unspecified atom stereocenters. The standard InChI is InChI=1S/C9H6N4OS/c14-9-11-2-1-7-12-6(5-13(7)9)8-10-3-4-15-8/h1-5,12H. The summed E-state index contributed by atoms with van der Waals surface area (Å²) in [6.45, 7) is 0. The number of H-pyrrole nitrogens is 1. The highest BCUT2D eigenvalue weighted by atomic mass is 32.1. The molecular formula is C9H6N4OS. The van der Waals surface area contributed by atoms with Crippen LogP contribution in [-0.4, -0.2) is 19.4 Å². The van der Waals surface area contributed by atoms with E-state index in [4.69, 9.17) is 0 Å². The third-order valence-electron chi connectivity index (χ3n) is 2.07. The molecule has 0 fully saturated rings. The van der Waals surface area contributed by atoms with Gasteiger partial charge in [-0.1, -0.05) is 0 Å². The summed E-state index contributed by atoms with van der Waals surface area (Å²) in [6.07, 6.45) is 4.93. The summed E-state index contributed by atoms with van der Waals surface area (Å²) in [5.74, 6) is 0. The van der Waals surface area contributed by atoms with Gasteiger partial charge in [0.15, 0.2) is 0 Å². The predicted octanol–water partition coefficient (Wildman–Crippen LogP) is 1.15. The van der Waals surface area contributed by atoms with Crippen molar-refractivity contribution < 1.29 is 0 Å². The molecule has 0 saturated carbocycles. The minimum Gasteiger partial charge on any atom is -0.338 e. The van der Waals surface area contributed by atoms with E-state index in [0.717, 1.165) is 16.3 Å². The number of aromatic nitrogens is 4. The Morgan fingerprint density at radius 2 is 2.27 bits per heavy atom. The summed E-state index contributed by atoms with van der Waals surface area (Å²) in [6, 6.07) is 1.75. The molecule has 0 atom stereocenters. The second-order valence-corrected chi connectivity index (χ2v) is 3.88. The minimum absolute atomic E-state index is 0.286. The van der Waals surface area contributed by atoms with Crippen LogP contribution in [0.25, 0.3) is 16.3 Å². The Morgan fingerprint density at radius 1 is 1.33 bits per heavy atom. The van der Waals surface area contributed by atoms with E-state index in [1.807, 2.05) is 5.38 Å². The lowest BCUT2D eigenvalue weighted by molar-refractivity contribution is 1.00. The number of thiazole rings is 1. The Hall–Kier alpha value is -1.95. The van der Waals surface area contributed by atoms with Crippen molar-refractivity contribution in [2.45, 2.75) is 0 Å². The van der Waals surface area contributed by atoms with Crippen molar-refractivity contribution in [3.8, 4) is 10.7 Å². The average molecular weight is 218 g/mol. The zero-order valence-electron chi connectivity index (χ0n) is 7.54. The van der Waals surface area contributed by atoms with Crippen LogP contribution in [0.4, 0.5) is 0 Å². The maximum atomic E-state index is 11.4. The van der Waals surface area contributed by atoms with Crippen molar-refractivity contribution in [3.05, 3.63) is 40.5 Å². The summed E-state index contributed by atoms with van der Waals surface area (Å²) in [5.41, 5.74) is 1.27. The van der Waals surface area contributed by atoms with Crippen molar-refractivity contribution in [2.24, 2.45) is 0 Å². The quantitative estimate of drug-likeness (QED) is 0.666. The van der Waals surface area contributed by atoms with Crippen LogP contribution < -0.4 is 5.69 Å². The lowest BCUT2D eigenvalue weighted by Gasteiger charge is -1.86. The molecule has 0 aliphatic carbocycles. The number of nitrogens with one attached hydrogen (secondary N) is 1. The molecule has 0 aromatic carbocycles. The van der Waals surface area contributed by atoms with Gasteiger partial charge >= 0.3 is 5.69 Å². The van der Waals surface area contributed by atoms with Crippen molar-refractivity contribution in [1.82, 2.24) is 19.4 Å². The highest BCUT2D eigenvalue weighted by Gasteiger charge is 2.05. The number of hydrogen-bond acceptors (Lipinski definition) is 4. The van der Waals surface area contributed by atoms with Gasteiger partial charge in [0.1, 0.15) is 10.7 Å². The molecular weight excluding hydrogens is 212 g/mol. The van der Waals surface area contributed by atoms with Crippen molar-refractivity contribution >= 4 is 17.0 Å². The normalized spacial score (nSPS) is 10.9. The molecule has 0 aliphatic rings. The highest BCUT2D eigenvalue weighted by Crippen LogP contribution is 2.19. The fraction of sp³-hybridized carbons (Fsp3) is 0. The van der Waals surface area contributed by atoms with Gasteiger partial charge in [-0.2, -0.15) is 0 Å². The first-order valence-electron chi connectivity index (χ1n) is 4.31. The van der Waals surface area contributed by atoms with E-state index in [0.29, 0.717) is 0 Å². The Morgan fingerprint density at radius 3 is 3.00 bits per heavy atom. The number of aromatic amines is 1. The van der Waals surface area contributed by atoms with Crippen molar-refractivity contribution in [3.63, 3.8) is 0 Å². The first-order valence-corrected chi connectivity index (χ1v) is 5.19. The number of rotatable bonds is 1. The summed E-state index contributed by atoms with van der Waals surface area (Å²) < 4.78 is 1.47. The van der Waals surface area contributed by atoms with Gasteiger partial charge in [0.05, 0.1) is 5.69 Å². The molecule has 74 valence electrons. The van der Waals surface area contributed by atoms with E-state index in [-0.39, 0.29) is 5.69 Å². The first-order chi connectivity index (χ1) is 7.34. The van der Waals surface area contributed by atoms with Crippen LogP contribution in [0.15, 0.2) is 34.8 Å². The first kappa shape index (κ1) is 8.37. The minimum atomic E-state index is -0.286. The molecule has 6 heteroatoms. The largest absolute Gasteiger partial charge is 0.353 e. The molecule has 3 aromatic heterocycles. The monoisotopic (exact) mass is 218 g/mol. The lowest BCUT2D eigenvalue weighted by Crippen LogP contribution is -2.13. The molecule has 0 bridgehead atoms. The SMILES string of the molecule is O=c1nccc2[nH]c(-c3nccs3)cn12. The van der Waals surface area contributed by atoms with Gasteiger partial charge in [-0.05, 0) is 6.07 Å². The lowest BCUT2D eigenvalue weighted by atomic mass is 10.5. The molecule has 15 heavy (non-hydrogen) atoms. The summed E-state index contributed by atoms with van der Waals surface area (Å²) in [7, 11) is 0. The molecule has 0 radical (unpaired) electrons.